The first-order valence-electron chi connectivity index (χ1n) is 7.56. The summed E-state index contributed by atoms with van der Waals surface area (Å²) >= 11 is 0. The highest BCUT2D eigenvalue weighted by atomic mass is 32.2. The molecule has 8 nitrogen and oxygen atoms in total. The number of nitrogens with two attached hydrogens (primary N) is 1. The van der Waals surface area contributed by atoms with Gasteiger partial charge in [-0.3, -0.25) is 4.79 Å². The van der Waals surface area contributed by atoms with Crippen molar-refractivity contribution in [2.75, 3.05) is 19.5 Å². The van der Waals surface area contributed by atoms with Crippen LogP contribution in [0.3, 0.4) is 0 Å². The molecule has 2 aromatic rings. The van der Waals surface area contributed by atoms with E-state index in [9.17, 15) is 18.5 Å². The third-order valence-corrected chi connectivity index (χ3v) is 4.47. The molecule has 0 unspecified atom stereocenters. The van der Waals surface area contributed by atoms with Crippen LogP contribution in [0.1, 0.15) is 5.56 Å². The van der Waals surface area contributed by atoms with Gasteiger partial charge >= 0.3 is 0 Å². The topological polar surface area (TPSA) is 132 Å². The summed E-state index contributed by atoms with van der Waals surface area (Å²) in [6, 6.07) is 12.1. The number of amides is 1. The summed E-state index contributed by atoms with van der Waals surface area (Å²) < 4.78 is 32.9. The van der Waals surface area contributed by atoms with Gasteiger partial charge in [0.2, 0.25) is 10.0 Å². The Labute approximate surface area is 156 Å². The van der Waals surface area contributed by atoms with Crippen LogP contribution in [-0.2, 0) is 14.8 Å². The minimum atomic E-state index is -3.83. The number of ether oxygens (including phenoxy) is 2. The largest absolute Gasteiger partial charge is 0.497 e. The maximum Gasteiger partial charge on any atom is 0.266 e. The maximum atomic E-state index is 12.4. The number of sulfonamides is 1. The molecule has 27 heavy (non-hydrogen) atoms. The van der Waals surface area contributed by atoms with Crippen LogP contribution in [0.2, 0.25) is 0 Å². The zero-order valence-corrected chi connectivity index (χ0v) is 15.4. The third kappa shape index (κ3) is 5.07. The van der Waals surface area contributed by atoms with Crippen molar-refractivity contribution in [2.24, 2.45) is 5.14 Å². The van der Waals surface area contributed by atoms with Crippen molar-refractivity contribution in [1.29, 1.82) is 5.26 Å². The molecule has 0 bridgehead atoms. The van der Waals surface area contributed by atoms with E-state index in [4.69, 9.17) is 14.6 Å². The zero-order valence-electron chi connectivity index (χ0n) is 14.6. The van der Waals surface area contributed by atoms with Gasteiger partial charge in [0.25, 0.3) is 5.91 Å². The van der Waals surface area contributed by atoms with E-state index in [1.807, 2.05) is 6.07 Å². The van der Waals surface area contributed by atoms with Crippen LogP contribution in [0.5, 0.6) is 11.5 Å². The molecule has 9 heteroatoms. The summed E-state index contributed by atoms with van der Waals surface area (Å²) in [5, 5.41) is 16.9. The molecule has 0 aliphatic carbocycles. The van der Waals surface area contributed by atoms with Gasteiger partial charge in [0.15, 0.2) is 0 Å². The molecule has 2 rings (SSSR count). The smallest absolute Gasteiger partial charge is 0.266 e. The summed E-state index contributed by atoms with van der Waals surface area (Å²) in [5.41, 5.74) is 0.636. The van der Waals surface area contributed by atoms with Gasteiger partial charge in [0.1, 0.15) is 23.1 Å². The van der Waals surface area contributed by atoms with E-state index in [2.05, 4.69) is 5.32 Å². The number of anilines is 1. The summed E-state index contributed by atoms with van der Waals surface area (Å²) in [5.74, 6) is 0.345. The minimum Gasteiger partial charge on any atom is -0.497 e. The fourth-order valence-electron chi connectivity index (χ4n) is 2.18. The first-order chi connectivity index (χ1) is 12.8. The number of primary sulfonamides is 1. The average Bonchev–Trinajstić information content (AvgIpc) is 2.65. The molecule has 0 aliphatic rings. The highest BCUT2D eigenvalue weighted by Crippen LogP contribution is 2.26. The molecule has 0 radical (unpaired) electrons. The molecule has 140 valence electrons. The molecule has 0 heterocycles. The Hall–Kier alpha value is -3.35. The Kier molecular flexibility index (Phi) is 6.18. The zero-order chi connectivity index (χ0) is 20.0. The lowest BCUT2D eigenvalue weighted by Gasteiger charge is -2.09. The van der Waals surface area contributed by atoms with E-state index in [0.717, 1.165) is 0 Å². The first kappa shape index (κ1) is 20.0. The van der Waals surface area contributed by atoms with E-state index < -0.39 is 15.9 Å². The van der Waals surface area contributed by atoms with Crippen molar-refractivity contribution < 1.29 is 22.7 Å². The van der Waals surface area contributed by atoms with E-state index in [-0.39, 0.29) is 10.5 Å². The predicted octanol–water partition coefficient (Wildman–Crippen LogP) is 1.90. The van der Waals surface area contributed by atoms with Gasteiger partial charge in [-0.05, 0) is 48.5 Å². The molecule has 0 fully saturated rings. The Bertz CT molecular complexity index is 1020. The molecule has 0 aliphatic heterocycles. The lowest BCUT2D eigenvalue weighted by molar-refractivity contribution is -0.112. The summed E-state index contributed by atoms with van der Waals surface area (Å²) in [6.07, 6.45) is 1.37. The van der Waals surface area contributed by atoms with E-state index in [0.29, 0.717) is 22.7 Å². The maximum absolute atomic E-state index is 12.4. The number of benzene rings is 2. The van der Waals surface area contributed by atoms with Crippen molar-refractivity contribution in [3.63, 3.8) is 0 Å². The van der Waals surface area contributed by atoms with Gasteiger partial charge < -0.3 is 14.8 Å². The molecular weight excluding hydrogens is 370 g/mol. The average molecular weight is 387 g/mol. The minimum absolute atomic E-state index is 0.0855. The van der Waals surface area contributed by atoms with E-state index in [1.54, 1.807) is 18.2 Å². The van der Waals surface area contributed by atoms with Crippen LogP contribution in [0.25, 0.3) is 6.08 Å². The number of carbonyl (C=O) groups is 1. The SMILES string of the molecule is COc1ccc(OC)c(C=C(C#N)C(=O)Nc2ccc(S(N)(=O)=O)cc2)c1. The van der Waals surface area contributed by atoms with Crippen LogP contribution >= 0.6 is 0 Å². The van der Waals surface area contributed by atoms with E-state index >= 15 is 0 Å². The van der Waals surface area contributed by atoms with Crippen molar-refractivity contribution in [1.82, 2.24) is 0 Å². The Balaban J connectivity index is 2.28. The first-order valence-corrected chi connectivity index (χ1v) is 9.11. The van der Waals surface area contributed by atoms with Crippen molar-refractivity contribution in [3.8, 4) is 17.6 Å². The summed E-state index contributed by atoms with van der Waals surface area (Å²) in [4.78, 5) is 12.3. The number of nitriles is 1. The number of hydrogen-bond acceptors (Lipinski definition) is 6. The van der Waals surface area contributed by atoms with Gasteiger partial charge in [0, 0.05) is 11.3 Å². The molecule has 0 atom stereocenters. The second kappa shape index (κ2) is 8.35. The molecule has 0 saturated heterocycles. The lowest BCUT2D eigenvalue weighted by atomic mass is 10.1. The van der Waals surface area contributed by atoms with Crippen LogP contribution in [0, 0.1) is 11.3 Å². The standard InChI is InChI=1S/C18H17N3O5S/c1-25-15-5-8-17(26-2)12(10-15)9-13(11-19)18(22)21-14-3-6-16(7-4-14)27(20,23)24/h3-10H,1-2H3,(H,21,22)(H2,20,23,24). The molecule has 2 aromatic carbocycles. The number of carbonyl (C=O) groups excluding carboxylic acids is 1. The number of hydrogen-bond donors (Lipinski definition) is 2. The second-order valence-electron chi connectivity index (χ2n) is 5.30. The second-order valence-corrected chi connectivity index (χ2v) is 6.86. The highest BCUT2D eigenvalue weighted by Gasteiger charge is 2.13. The van der Waals surface area contributed by atoms with Crippen molar-refractivity contribution >= 4 is 27.7 Å². The van der Waals surface area contributed by atoms with Crippen LogP contribution in [-0.4, -0.2) is 28.5 Å². The monoisotopic (exact) mass is 387 g/mol. The van der Waals surface area contributed by atoms with Crippen LogP contribution in [0.15, 0.2) is 52.9 Å². The van der Waals surface area contributed by atoms with E-state index in [1.165, 1.54) is 44.6 Å². The van der Waals surface area contributed by atoms with Crippen molar-refractivity contribution in [3.05, 3.63) is 53.6 Å². The molecule has 1 amide bonds. The summed E-state index contributed by atoms with van der Waals surface area (Å²) in [6.45, 7) is 0. The fraction of sp³-hybridized carbons (Fsp3) is 0.111. The third-order valence-electron chi connectivity index (χ3n) is 3.54. The number of methoxy groups -OCH3 is 2. The number of nitrogens with one attached hydrogen (secondary N) is 1. The van der Waals surface area contributed by atoms with Gasteiger partial charge in [-0.25, -0.2) is 13.6 Å². The van der Waals surface area contributed by atoms with Gasteiger partial charge in [-0.2, -0.15) is 5.26 Å². The lowest BCUT2D eigenvalue weighted by Crippen LogP contribution is -2.14. The Morgan fingerprint density at radius 2 is 1.81 bits per heavy atom. The van der Waals surface area contributed by atoms with Crippen LogP contribution in [0.4, 0.5) is 5.69 Å². The number of nitrogens with zero attached hydrogens (tertiary/aromatic N) is 1. The van der Waals surface area contributed by atoms with Crippen molar-refractivity contribution in [2.45, 2.75) is 4.90 Å². The quantitative estimate of drug-likeness (QED) is 0.575. The van der Waals surface area contributed by atoms with Gasteiger partial charge in [-0.1, -0.05) is 0 Å². The predicted molar refractivity (Wildman–Crippen MR) is 99.6 cm³/mol. The Morgan fingerprint density at radius 3 is 2.33 bits per heavy atom. The fourth-order valence-corrected chi connectivity index (χ4v) is 2.70. The molecule has 0 saturated carbocycles. The molecule has 0 spiro atoms. The Morgan fingerprint density at radius 1 is 1.15 bits per heavy atom. The molecule has 0 aromatic heterocycles. The summed E-state index contributed by atoms with van der Waals surface area (Å²) in [7, 11) is -0.857. The van der Waals surface area contributed by atoms with Gasteiger partial charge in [-0.15, -0.1) is 0 Å². The highest BCUT2D eigenvalue weighted by molar-refractivity contribution is 7.89. The molecule has 3 N–H and O–H groups in total. The van der Waals surface area contributed by atoms with Gasteiger partial charge in [0.05, 0.1) is 19.1 Å². The number of rotatable bonds is 6. The normalized spacial score (nSPS) is 11.4. The molecular formula is C18H17N3O5S. The van der Waals surface area contributed by atoms with Crippen LogP contribution < -0.4 is 19.9 Å².